The Morgan fingerprint density at radius 3 is 2.33 bits per heavy atom. The zero-order valence-corrected chi connectivity index (χ0v) is 10.8. The van der Waals surface area contributed by atoms with Crippen LogP contribution in [0.25, 0.3) is 0 Å². The van der Waals surface area contributed by atoms with E-state index in [4.69, 9.17) is 5.11 Å². The maximum absolute atomic E-state index is 12.0. The van der Waals surface area contributed by atoms with E-state index in [2.05, 4.69) is 4.72 Å². The van der Waals surface area contributed by atoms with Crippen LogP contribution in [0.1, 0.15) is 31.4 Å². The fourth-order valence-corrected chi connectivity index (χ4v) is 3.12. The van der Waals surface area contributed by atoms with E-state index in [0.717, 1.165) is 0 Å². The van der Waals surface area contributed by atoms with Crippen molar-refractivity contribution in [2.24, 2.45) is 0 Å². The molecule has 0 amide bonds. The van der Waals surface area contributed by atoms with Gasteiger partial charge in [-0.1, -0.05) is 30.3 Å². The lowest BCUT2D eigenvalue weighted by atomic mass is 10.1. The van der Waals surface area contributed by atoms with Gasteiger partial charge in [-0.2, -0.15) is 4.72 Å². The van der Waals surface area contributed by atoms with Crippen LogP contribution >= 0.6 is 0 Å². The maximum Gasteiger partial charge on any atom is 0.326 e. The van der Waals surface area contributed by atoms with Gasteiger partial charge >= 0.3 is 5.97 Å². The van der Waals surface area contributed by atoms with Gasteiger partial charge in [-0.15, -0.1) is 0 Å². The summed E-state index contributed by atoms with van der Waals surface area (Å²) in [4.78, 5) is 11.2. The van der Waals surface area contributed by atoms with Crippen molar-refractivity contribution in [2.75, 3.05) is 0 Å². The summed E-state index contributed by atoms with van der Waals surface area (Å²) in [5.74, 6) is -1.20. The first kappa shape index (κ1) is 13.0. The Balaban J connectivity index is 2.26. The van der Waals surface area contributed by atoms with E-state index in [1.54, 1.807) is 37.3 Å². The molecule has 0 aromatic heterocycles. The van der Waals surface area contributed by atoms with Gasteiger partial charge in [0.25, 0.3) is 0 Å². The summed E-state index contributed by atoms with van der Waals surface area (Å²) in [7, 11) is -3.61. The van der Waals surface area contributed by atoms with Crippen molar-refractivity contribution < 1.29 is 18.3 Å². The second kappa shape index (κ2) is 4.37. The molecule has 0 saturated heterocycles. The van der Waals surface area contributed by atoms with Crippen molar-refractivity contribution >= 4 is 16.0 Å². The fourth-order valence-electron chi connectivity index (χ4n) is 1.65. The van der Waals surface area contributed by atoms with Crippen LogP contribution in [-0.4, -0.2) is 24.2 Å². The number of hydrogen-bond donors (Lipinski definition) is 2. The van der Waals surface area contributed by atoms with E-state index >= 15 is 0 Å². The molecule has 2 rings (SSSR count). The minimum Gasteiger partial charge on any atom is -0.480 e. The molecule has 0 unspecified atom stereocenters. The number of rotatable bonds is 5. The van der Waals surface area contributed by atoms with E-state index in [9.17, 15) is 13.2 Å². The van der Waals surface area contributed by atoms with E-state index in [1.807, 2.05) is 0 Å². The number of carbonyl (C=O) groups is 1. The number of aliphatic carboxylic acids is 1. The highest BCUT2D eigenvalue weighted by molar-refractivity contribution is 7.91. The van der Waals surface area contributed by atoms with Crippen LogP contribution in [0.2, 0.25) is 0 Å². The molecule has 18 heavy (non-hydrogen) atoms. The quantitative estimate of drug-likeness (QED) is 0.843. The normalized spacial score (nSPS) is 19.2. The van der Waals surface area contributed by atoms with Gasteiger partial charge in [-0.25, -0.2) is 8.42 Å². The Bertz CT molecular complexity index is 549. The number of nitrogens with one attached hydrogen (secondary N) is 1. The van der Waals surface area contributed by atoms with Crippen LogP contribution in [-0.2, 0) is 14.8 Å². The standard InChI is InChI=1S/C12H15NO4S/c1-12(7-8-12)18(16,17)13-10(11(14)15)9-5-3-2-4-6-9/h2-6,10,13H,7-8H2,1H3,(H,14,15)/t10-/m0/s1. The highest BCUT2D eigenvalue weighted by Gasteiger charge is 2.51. The number of carboxylic acids is 1. The van der Waals surface area contributed by atoms with Gasteiger partial charge in [0, 0.05) is 0 Å². The molecular weight excluding hydrogens is 254 g/mol. The second-order valence-corrected chi connectivity index (χ2v) is 6.98. The van der Waals surface area contributed by atoms with Gasteiger partial charge in [0.2, 0.25) is 10.0 Å². The number of benzene rings is 1. The summed E-state index contributed by atoms with van der Waals surface area (Å²) in [5, 5.41) is 9.15. The molecule has 0 radical (unpaired) electrons. The van der Waals surface area contributed by atoms with Crippen LogP contribution in [0.4, 0.5) is 0 Å². The molecule has 1 aliphatic carbocycles. The summed E-state index contributed by atoms with van der Waals surface area (Å²) in [6, 6.07) is 7.07. The SMILES string of the molecule is CC1(S(=O)(=O)N[C@H](C(=O)O)c2ccccc2)CC1. The lowest BCUT2D eigenvalue weighted by Crippen LogP contribution is -2.39. The maximum atomic E-state index is 12.0. The third kappa shape index (κ3) is 2.39. The second-order valence-electron chi connectivity index (χ2n) is 4.75. The van der Waals surface area contributed by atoms with Crippen LogP contribution in [0.15, 0.2) is 30.3 Å². The molecule has 1 fully saturated rings. The van der Waals surface area contributed by atoms with Gasteiger partial charge in [0.15, 0.2) is 0 Å². The van der Waals surface area contributed by atoms with Crippen molar-refractivity contribution in [2.45, 2.75) is 30.6 Å². The summed E-state index contributed by atoms with van der Waals surface area (Å²) in [6.07, 6.45) is 1.15. The summed E-state index contributed by atoms with van der Waals surface area (Å²) in [5.41, 5.74) is 0.429. The number of hydrogen-bond acceptors (Lipinski definition) is 3. The molecule has 98 valence electrons. The van der Waals surface area contributed by atoms with Crippen LogP contribution in [0.5, 0.6) is 0 Å². The highest BCUT2D eigenvalue weighted by Crippen LogP contribution is 2.42. The van der Waals surface area contributed by atoms with E-state index in [1.165, 1.54) is 0 Å². The number of sulfonamides is 1. The van der Waals surface area contributed by atoms with Crippen molar-refractivity contribution in [1.82, 2.24) is 4.72 Å². The summed E-state index contributed by atoms with van der Waals surface area (Å²) >= 11 is 0. The van der Waals surface area contributed by atoms with Gasteiger partial charge in [-0.3, -0.25) is 4.79 Å². The van der Waals surface area contributed by atoms with Gasteiger partial charge in [0.05, 0.1) is 4.75 Å². The molecule has 1 aliphatic rings. The molecule has 1 aromatic rings. The largest absolute Gasteiger partial charge is 0.480 e. The Kier molecular flexibility index (Phi) is 3.16. The molecule has 1 aromatic carbocycles. The van der Waals surface area contributed by atoms with Crippen molar-refractivity contribution in [1.29, 1.82) is 0 Å². The minimum atomic E-state index is -3.61. The van der Waals surface area contributed by atoms with Crippen molar-refractivity contribution in [3.05, 3.63) is 35.9 Å². The molecule has 5 nitrogen and oxygen atoms in total. The topological polar surface area (TPSA) is 83.5 Å². The average molecular weight is 269 g/mol. The lowest BCUT2D eigenvalue weighted by Gasteiger charge is -2.18. The highest BCUT2D eigenvalue weighted by atomic mass is 32.2. The first-order valence-corrected chi connectivity index (χ1v) is 7.14. The summed E-state index contributed by atoms with van der Waals surface area (Å²) < 4.78 is 25.5. The smallest absolute Gasteiger partial charge is 0.326 e. The van der Waals surface area contributed by atoms with Gasteiger partial charge in [-0.05, 0) is 25.3 Å². The van der Waals surface area contributed by atoms with E-state index < -0.39 is 26.8 Å². The predicted octanol–water partition coefficient (Wildman–Crippen LogP) is 1.28. The molecule has 1 atom stereocenters. The monoisotopic (exact) mass is 269 g/mol. The Labute approximate surface area is 106 Å². The molecular formula is C12H15NO4S. The molecule has 0 spiro atoms. The minimum absolute atomic E-state index is 0.429. The Hall–Kier alpha value is -1.40. The van der Waals surface area contributed by atoms with Crippen LogP contribution in [0.3, 0.4) is 0 Å². The Morgan fingerprint density at radius 2 is 1.89 bits per heavy atom. The third-order valence-electron chi connectivity index (χ3n) is 3.26. The van der Waals surface area contributed by atoms with Crippen molar-refractivity contribution in [3.8, 4) is 0 Å². The van der Waals surface area contributed by atoms with Crippen LogP contribution < -0.4 is 4.72 Å². The number of carboxylic acid groups (broad SMARTS) is 1. The first-order chi connectivity index (χ1) is 8.36. The average Bonchev–Trinajstić information content (AvgIpc) is 3.07. The molecule has 6 heteroatoms. The first-order valence-electron chi connectivity index (χ1n) is 5.65. The van der Waals surface area contributed by atoms with Gasteiger partial charge in [0.1, 0.15) is 6.04 Å². The molecule has 1 saturated carbocycles. The predicted molar refractivity (Wildman–Crippen MR) is 66.5 cm³/mol. The zero-order chi connectivity index (χ0) is 13.4. The van der Waals surface area contributed by atoms with Gasteiger partial charge < -0.3 is 5.11 Å². The lowest BCUT2D eigenvalue weighted by molar-refractivity contribution is -0.139. The molecule has 0 aliphatic heterocycles. The van der Waals surface area contributed by atoms with Crippen molar-refractivity contribution in [3.63, 3.8) is 0 Å². The van der Waals surface area contributed by atoms with Crippen LogP contribution in [0, 0.1) is 0 Å². The molecule has 0 bridgehead atoms. The van der Waals surface area contributed by atoms with E-state index in [0.29, 0.717) is 18.4 Å². The molecule has 0 heterocycles. The Morgan fingerprint density at radius 1 is 1.33 bits per heavy atom. The zero-order valence-electron chi connectivity index (χ0n) is 9.96. The summed E-state index contributed by atoms with van der Waals surface area (Å²) in [6.45, 7) is 1.62. The van der Waals surface area contributed by atoms with E-state index in [-0.39, 0.29) is 0 Å². The fraction of sp³-hybridized carbons (Fsp3) is 0.417. The molecule has 2 N–H and O–H groups in total. The third-order valence-corrected chi connectivity index (χ3v) is 5.51.